The van der Waals surface area contributed by atoms with Crippen molar-refractivity contribution >= 4 is 0 Å². The van der Waals surface area contributed by atoms with Gasteiger partial charge in [0.15, 0.2) is 0 Å². The second kappa shape index (κ2) is 6.56. The molecular weight excluding hydrogens is 176 g/mol. The molecule has 0 saturated heterocycles. The van der Waals surface area contributed by atoms with Crippen molar-refractivity contribution < 1.29 is 0 Å². The molecule has 14 heavy (non-hydrogen) atoms. The lowest BCUT2D eigenvalue weighted by Crippen LogP contribution is -2.26. The lowest BCUT2D eigenvalue weighted by Gasteiger charge is -2.07. The van der Waals surface area contributed by atoms with E-state index in [9.17, 15) is 0 Å². The van der Waals surface area contributed by atoms with Crippen LogP contribution in [0.3, 0.4) is 0 Å². The van der Waals surface area contributed by atoms with Crippen molar-refractivity contribution in [2.45, 2.75) is 32.9 Å². The molecule has 4 heteroatoms. The van der Waals surface area contributed by atoms with Gasteiger partial charge in [0.25, 0.3) is 0 Å². The first-order valence-corrected chi connectivity index (χ1v) is 5.21. The summed E-state index contributed by atoms with van der Waals surface area (Å²) in [6.07, 6.45) is 2.93. The highest BCUT2D eigenvalue weighted by atomic mass is 15.1. The predicted octanol–water partition coefficient (Wildman–Crippen LogP) is 0.887. The van der Waals surface area contributed by atoms with Gasteiger partial charge in [-0.3, -0.25) is 5.10 Å². The first-order chi connectivity index (χ1) is 6.79. The fraction of sp³-hybridized carbons (Fsp3) is 0.700. The Morgan fingerprint density at radius 1 is 1.43 bits per heavy atom. The molecule has 0 aliphatic rings. The zero-order valence-corrected chi connectivity index (χ0v) is 9.01. The van der Waals surface area contributed by atoms with Crippen LogP contribution in [0.5, 0.6) is 0 Å². The van der Waals surface area contributed by atoms with Crippen molar-refractivity contribution in [3.8, 4) is 0 Å². The van der Waals surface area contributed by atoms with E-state index in [4.69, 9.17) is 0 Å². The SMILES string of the molecule is CC(C)NCCCNCc1ccn[nH]1. The molecule has 0 spiro atoms. The Morgan fingerprint density at radius 3 is 2.93 bits per heavy atom. The summed E-state index contributed by atoms with van der Waals surface area (Å²) in [7, 11) is 0. The van der Waals surface area contributed by atoms with E-state index in [1.165, 1.54) is 0 Å². The van der Waals surface area contributed by atoms with Crippen LogP contribution >= 0.6 is 0 Å². The fourth-order valence-electron chi connectivity index (χ4n) is 1.21. The Kier molecular flexibility index (Phi) is 5.25. The number of H-pyrrole nitrogens is 1. The molecule has 3 N–H and O–H groups in total. The number of hydrogen-bond donors (Lipinski definition) is 3. The summed E-state index contributed by atoms with van der Waals surface area (Å²) in [4.78, 5) is 0. The van der Waals surface area contributed by atoms with E-state index in [1.807, 2.05) is 6.07 Å². The van der Waals surface area contributed by atoms with Crippen LogP contribution in [0, 0.1) is 0 Å². The highest BCUT2D eigenvalue weighted by molar-refractivity contribution is 4.96. The summed E-state index contributed by atoms with van der Waals surface area (Å²) in [6.45, 7) is 7.32. The molecular formula is C10H20N4. The third-order valence-corrected chi connectivity index (χ3v) is 1.96. The number of hydrogen-bond acceptors (Lipinski definition) is 3. The average molecular weight is 196 g/mol. The molecule has 0 bridgehead atoms. The van der Waals surface area contributed by atoms with E-state index in [-0.39, 0.29) is 0 Å². The molecule has 1 aromatic rings. The Balaban J connectivity index is 1.90. The van der Waals surface area contributed by atoms with Crippen LogP contribution in [-0.2, 0) is 6.54 Å². The topological polar surface area (TPSA) is 52.7 Å². The van der Waals surface area contributed by atoms with E-state index in [0.717, 1.165) is 31.7 Å². The monoisotopic (exact) mass is 196 g/mol. The highest BCUT2D eigenvalue weighted by Gasteiger charge is 1.93. The third kappa shape index (κ3) is 4.99. The molecule has 0 atom stereocenters. The Morgan fingerprint density at radius 2 is 2.29 bits per heavy atom. The zero-order valence-electron chi connectivity index (χ0n) is 9.01. The second-order valence-corrected chi connectivity index (χ2v) is 3.72. The Labute approximate surface area is 85.5 Å². The van der Waals surface area contributed by atoms with Crippen molar-refractivity contribution in [2.75, 3.05) is 13.1 Å². The number of aromatic nitrogens is 2. The smallest absolute Gasteiger partial charge is 0.0490 e. The molecule has 0 fully saturated rings. The van der Waals surface area contributed by atoms with Crippen molar-refractivity contribution in [1.29, 1.82) is 0 Å². The third-order valence-electron chi connectivity index (χ3n) is 1.96. The van der Waals surface area contributed by atoms with Crippen LogP contribution in [0.4, 0.5) is 0 Å². The number of nitrogens with zero attached hydrogens (tertiary/aromatic N) is 1. The Bertz CT molecular complexity index is 218. The minimum absolute atomic E-state index is 0.586. The zero-order chi connectivity index (χ0) is 10.2. The van der Waals surface area contributed by atoms with Gasteiger partial charge in [-0.1, -0.05) is 13.8 Å². The van der Waals surface area contributed by atoms with Gasteiger partial charge in [0.05, 0.1) is 0 Å². The summed E-state index contributed by atoms with van der Waals surface area (Å²) in [5.41, 5.74) is 1.14. The maximum Gasteiger partial charge on any atom is 0.0490 e. The van der Waals surface area contributed by atoms with Crippen LogP contribution in [0.1, 0.15) is 26.0 Å². The molecule has 0 radical (unpaired) electrons. The van der Waals surface area contributed by atoms with Gasteiger partial charge >= 0.3 is 0 Å². The summed E-state index contributed by atoms with van der Waals surface area (Å²) < 4.78 is 0. The Hall–Kier alpha value is -0.870. The molecule has 0 amide bonds. The van der Waals surface area contributed by atoms with Gasteiger partial charge in [0, 0.05) is 24.5 Å². The molecule has 0 unspecified atom stereocenters. The van der Waals surface area contributed by atoms with Crippen LogP contribution in [0.2, 0.25) is 0 Å². The maximum absolute atomic E-state index is 3.88. The molecule has 0 aromatic carbocycles. The summed E-state index contributed by atoms with van der Waals surface area (Å²) in [5.74, 6) is 0. The lowest BCUT2D eigenvalue weighted by molar-refractivity contribution is 0.546. The van der Waals surface area contributed by atoms with E-state index in [2.05, 4.69) is 34.7 Å². The summed E-state index contributed by atoms with van der Waals surface area (Å²) in [5, 5.41) is 13.5. The molecule has 1 aromatic heterocycles. The van der Waals surface area contributed by atoms with Gasteiger partial charge in [-0.15, -0.1) is 0 Å². The predicted molar refractivity (Wildman–Crippen MR) is 58.1 cm³/mol. The molecule has 1 rings (SSSR count). The van der Waals surface area contributed by atoms with Crippen molar-refractivity contribution in [2.24, 2.45) is 0 Å². The summed E-state index contributed by atoms with van der Waals surface area (Å²) >= 11 is 0. The van der Waals surface area contributed by atoms with Crippen molar-refractivity contribution in [3.63, 3.8) is 0 Å². The van der Waals surface area contributed by atoms with E-state index >= 15 is 0 Å². The first-order valence-electron chi connectivity index (χ1n) is 5.21. The van der Waals surface area contributed by atoms with Gasteiger partial charge in [0.2, 0.25) is 0 Å². The second-order valence-electron chi connectivity index (χ2n) is 3.72. The maximum atomic E-state index is 3.88. The van der Waals surface area contributed by atoms with Crippen molar-refractivity contribution in [3.05, 3.63) is 18.0 Å². The van der Waals surface area contributed by atoms with Gasteiger partial charge < -0.3 is 10.6 Å². The van der Waals surface area contributed by atoms with Gasteiger partial charge in [-0.2, -0.15) is 5.10 Å². The van der Waals surface area contributed by atoms with Gasteiger partial charge in [0.1, 0.15) is 0 Å². The van der Waals surface area contributed by atoms with Crippen LogP contribution in [-0.4, -0.2) is 29.3 Å². The van der Waals surface area contributed by atoms with E-state index in [0.29, 0.717) is 6.04 Å². The van der Waals surface area contributed by atoms with Crippen LogP contribution < -0.4 is 10.6 Å². The minimum atomic E-state index is 0.586. The highest BCUT2D eigenvalue weighted by Crippen LogP contribution is 1.89. The molecule has 4 nitrogen and oxygen atoms in total. The first kappa shape index (κ1) is 11.2. The summed E-state index contributed by atoms with van der Waals surface area (Å²) in [6, 6.07) is 2.57. The average Bonchev–Trinajstić information content (AvgIpc) is 2.63. The number of nitrogens with one attached hydrogen (secondary N) is 3. The van der Waals surface area contributed by atoms with E-state index in [1.54, 1.807) is 6.20 Å². The van der Waals surface area contributed by atoms with Crippen LogP contribution in [0.15, 0.2) is 12.3 Å². The normalized spacial score (nSPS) is 11.1. The fourth-order valence-corrected chi connectivity index (χ4v) is 1.21. The standard InChI is InChI=1S/C10H20N4/c1-9(2)12-6-3-5-11-8-10-4-7-13-14-10/h4,7,9,11-12H,3,5-6,8H2,1-2H3,(H,13,14). The largest absolute Gasteiger partial charge is 0.314 e. The number of rotatable bonds is 7. The number of aromatic amines is 1. The minimum Gasteiger partial charge on any atom is -0.314 e. The van der Waals surface area contributed by atoms with Gasteiger partial charge in [-0.25, -0.2) is 0 Å². The molecule has 1 heterocycles. The van der Waals surface area contributed by atoms with E-state index < -0.39 is 0 Å². The molecule has 0 saturated carbocycles. The quantitative estimate of drug-likeness (QED) is 0.568. The lowest BCUT2D eigenvalue weighted by atomic mass is 10.3. The molecule has 80 valence electrons. The van der Waals surface area contributed by atoms with Crippen molar-refractivity contribution in [1.82, 2.24) is 20.8 Å². The molecule has 0 aliphatic heterocycles. The molecule has 0 aliphatic carbocycles. The van der Waals surface area contributed by atoms with Crippen LogP contribution in [0.25, 0.3) is 0 Å². The van der Waals surface area contributed by atoms with Gasteiger partial charge in [-0.05, 0) is 25.6 Å².